The average Bonchev–Trinajstić information content (AvgIpc) is 3.13. The summed E-state index contributed by atoms with van der Waals surface area (Å²) in [4.78, 5) is 40.0. The smallest absolute Gasteiger partial charge is 0.312 e. The van der Waals surface area contributed by atoms with E-state index in [-0.39, 0.29) is 18.8 Å². The van der Waals surface area contributed by atoms with Crippen LogP contribution in [0.1, 0.15) is 45.4 Å². The molecule has 0 radical (unpaired) electrons. The SMILES string of the molecule is C=C1C[C@]23C[C@H]1CC[C@H]2[C@]1(C(=O)OC)C[C@H](O)C[C@@](C)(C(=O)OC)[C@H]1[C@@H]3C(=O)OC. The Morgan fingerprint density at radius 1 is 1.00 bits per heavy atom. The van der Waals surface area contributed by atoms with Crippen molar-refractivity contribution >= 4 is 17.9 Å². The summed E-state index contributed by atoms with van der Waals surface area (Å²) in [5, 5.41) is 10.9. The molecule has 4 aliphatic rings. The topological polar surface area (TPSA) is 99.1 Å². The molecule has 2 bridgehead atoms. The van der Waals surface area contributed by atoms with Crippen molar-refractivity contribution in [3.63, 3.8) is 0 Å². The van der Waals surface area contributed by atoms with Crippen molar-refractivity contribution in [2.75, 3.05) is 21.3 Å². The maximum absolute atomic E-state index is 13.5. The normalized spacial score (nSPS) is 46.6. The number of ether oxygens (including phenoxy) is 3. The van der Waals surface area contributed by atoms with Gasteiger partial charge in [-0.05, 0) is 62.7 Å². The lowest BCUT2D eigenvalue weighted by Gasteiger charge is -2.51. The van der Waals surface area contributed by atoms with Gasteiger partial charge in [-0.2, -0.15) is 0 Å². The van der Waals surface area contributed by atoms with Gasteiger partial charge in [0, 0.05) is 5.92 Å². The average molecular weight is 421 g/mol. The van der Waals surface area contributed by atoms with Gasteiger partial charge in [0.15, 0.2) is 0 Å². The zero-order valence-electron chi connectivity index (χ0n) is 18.2. The van der Waals surface area contributed by atoms with E-state index in [2.05, 4.69) is 6.58 Å². The first-order chi connectivity index (χ1) is 14.1. The lowest BCUT2D eigenvalue weighted by molar-refractivity contribution is -0.190. The molecule has 4 saturated carbocycles. The fraction of sp³-hybridized carbons (Fsp3) is 0.783. The fourth-order valence-electron chi connectivity index (χ4n) is 8.31. The van der Waals surface area contributed by atoms with Crippen LogP contribution in [-0.2, 0) is 28.6 Å². The van der Waals surface area contributed by atoms with Gasteiger partial charge >= 0.3 is 17.9 Å². The maximum Gasteiger partial charge on any atom is 0.312 e. The van der Waals surface area contributed by atoms with Gasteiger partial charge in [-0.15, -0.1) is 0 Å². The third-order valence-corrected chi connectivity index (χ3v) is 8.98. The summed E-state index contributed by atoms with van der Waals surface area (Å²) in [6, 6.07) is 0. The maximum atomic E-state index is 13.5. The van der Waals surface area contributed by atoms with Crippen molar-refractivity contribution in [2.24, 2.45) is 39.9 Å². The van der Waals surface area contributed by atoms with Crippen molar-refractivity contribution in [3.05, 3.63) is 12.2 Å². The minimum absolute atomic E-state index is 0.129. The molecule has 1 spiro atoms. The molecule has 166 valence electrons. The van der Waals surface area contributed by atoms with E-state index in [9.17, 15) is 19.5 Å². The van der Waals surface area contributed by atoms with Crippen LogP contribution in [0.5, 0.6) is 0 Å². The highest BCUT2D eigenvalue weighted by molar-refractivity contribution is 5.87. The third-order valence-electron chi connectivity index (χ3n) is 8.98. The van der Waals surface area contributed by atoms with Crippen molar-refractivity contribution in [2.45, 2.75) is 51.6 Å². The summed E-state index contributed by atoms with van der Waals surface area (Å²) in [5.74, 6) is -2.60. The van der Waals surface area contributed by atoms with Gasteiger partial charge in [0.2, 0.25) is 0 Å². The van der Waals surface area contributed by atoms with E-state index in [1.165, 1.54) is 21.3 Å². The molecule has 0 aromatic rings. The molecule has 0 aliphatic heterocycles. The van der Waals surface area contributed by atoms with E-state index in [1.807, 2.05) is 0 Å². The number of fused-ring (bicyclic) bond motifs is 3. The first kappa shape index (κ1) is 21.3. The Kier molecular flexibility index (Phi) is 4.84. The molecule has 1 N–H and O–H groups in total. The standard InChI is InChI=1S/C23H32O7/c1-12-8-22-9-13(12)6-7-15(22)23(20(27)30-5)11-14(24)10-21(2,19(26)29-4)17(23)16(22)18(25)28-3/h13-17,24H,1,6-11H2,2-5H3/t13-,14-,15-,16-,17-,21-,22+,23-/m1/s1. The van der Waals surface area contributed by atoms with E-state index in [0.29, 0.717) is 12.3 Å². The molecule has 4 aliphatic carbocycles. The number of rotatable bonds is 3. The number of methoxy groups -OCH3 is 3. The van der Waals surface area contributed by atoms with Gasteiger partial charge in [-0.3, -0.25) is 14.4 Å². The van der Waals surface area contributed by atoms with Gasteiger partial charge in [0.25, 0.3) is 0 Å². The van der Waals surface area contributed by atoms with E-state index >= 15 is 0 Å². The lowest BCUT2D eigenvalue weighted by Crippen LogP contribution is -2.58. The molecule has 0 unspecified atom stereocenters. The fourth-order valence-corrected chi connectivity index (χ4v) is 8.31. The molecule has 4 rings (SSSR count). The molecule has 0 amide bonds. The Balaban J connectivity index is 2.02. The molecule has 4 fully saturated rings. The number of carbonyl (C=O) groups excluding carboxylic acids is 3. The van der Waals surface area contributed by atoms with E-state index < -0.39 is 52.1 Å². The van der Waals surface area contributed by atoms with Crippen LogP contribution in [0.3, 0.4) is 0 Å². The predicted molar refractivity (Wildman–Crippen MR) is 106 cm³/mol. The highest BCUT2D eigenvalue weighted by Crippen LogP contribution is 2.78. The second-order valence-corrected chi connectivity index (χ2v) is 10.1. The van der Waals surface area contributed by atoms with Crippen molar-refractivity contribution in [3.8, 4) is 0 Å². The largest absolute Gasteiger partial charge is 0.469 e. The molecule has 0 aromatic carbocycles. The van der Waals surface area contributed by atoms with Gasteiger partial charge in [-0.25, -0.2) is 0 Å². The Morgan fingerprint density at radius 2 is 1.67 bits per heavy atom. The second-order valence-electron chi connectivity index (χ2n) is 10.1. The van der Waals surface area contributed by atoms with Gasteiger partial charge in [0.1, 0.15) is 0 Å². The first-order valence-electron chi connectivity index (χ1n) is 10.7. The summed E-state index contributed by atoms with van der Waals surface area (Å²) in [6.07, 6.45) is 2.42. The molecule has 0 aromatic heterocycles. The Labute approximate surface area is 177 Å². The van der Waals surface area contributed by atoms with Crippen LogP contribution in [-0.4, -0.2) is 50.4 Å². The number of esters is 3. The van der Waals surface area contributed by atoms with Crippen LogP contribution in [0.25, 0.3) is 0 Å². The zero-order valence-corrected chi connectivity index (χ0v) is 18.2. The third kappa shape index (κ3) is 2.38. The number of hydrogen-bond acceptors (Lipinski definition) is 7. The number of aliphatic hydroxyl groups is 1. The minimum atomic E-state index is -1.22. The van der Waals surface area contributed by atoms with Crippen molar-refractivity contribution in [1.29, 1.82) is 0 Å². The summed E-state index contributed by atoms with van der Waals surface area (Å²) >= 11 is 0. The summed E-state index contributed by atoms with van der Waals surface area (Å²) < 4.78 is 15.7. The monoisotopic (exact) mass is 420 g/mol. The number of carbonyl (C=O) groups is 3. The molecule has 0 saturated heterocycles. The van der Waals surface area contributed by atoms with Crippen LogP contribution in [0.2, 0.25) is 0 Å². The van der Waals surface area contributed by atoms with E-state index in [0.717, 1.165) is 24.8 Å². The number of allylic oxidation sites excluding steroid dienone is 1. The number of aliphatic hydroxyl groups excluding tert-OH is 1. The van der Waals surface area contributed by atoms with E-state index in [1.54, 1.807) is 6.92 Å². The van der Waals surface area contributed by atoms with Crippen LogP contribution < -0.4 is 0 Å². The van der Waals surface area contributed by atoms with Crippen LogP contribution >= 0.6 is 0 Å². The zero-order chi connectivity index (χ0) is 22.1. The van der Waals surface area contributed by atoms with E-state index in [4.69, 9.17) is 14.2 Å². The minimum Gasteiger partial charge on any atom is -0.469 e. The summed E-state index contributed by atoms with van der Waals surface area (Å²) in [7, 11) is 3.99. The second kappa shape index (κ2) is 6.81. The molecule has 30 heavy (non-hydrogen) atoms. The van der Waals surface area contributed by atoms with Crippen molar-refractivity contribution < 1.29 is 33.7 Å². The molecular weight excluding hydrogens is 388 g/mol. The van der Waals surface area contributed by atoms with Gasteiger partial charge in [-0.1, -0.05) is 12.2 Å². The summed E-state index contributed by atoms with van der Waals surface area (Å²) in [5.41, 5.74) is -1.79. The predicted octanol–water partition coefficient (Wildman–Crippen LogP) is 2.26. The highest BCUT2D eigenvalue weighted by atomic mass is 16.5. The molecular formula is C23H32O7. The molecule has 8 atom stereocenters. The van der Waals surface area contributed by atoms with Gasteiger partial charge in [0.05, 0.1) is 44.2 Å². The Hall–Kier alpha value is -1.89. The molecule has 7 nitrogen and oxygen atoms in total. The molecule has 0 heterocycles. The highest BCUT2D eigenvalue weighted by Gasteiger charge is 2.80. The Morgan fingerprint density at radius 3 is 2.27 bits per heavy atom. The molecule has 7 heteroatoms. The first-order valence-corrected chi connectivity index (χ1v) is 10.7. The number of hydrogen-bond donors (Lipinski definition) is 1. The van der Waals surface area contributed by atoms with Crippen LogP contribution in [0, 0.1) is 39.9 Å². The van der Waals surface area contributed by atoms with Crippen LogP contribution in [0.4, 0.5) is 0 Å². The van der Waals surface area contributed by atoms with Crippen molar-refractivity contribution in [1.82, 2.24) is 0 Å². The Bertz CT molecular complexity index is 805. The van der Waals surface area contributed by atoms with Crippen LogP contribution in [0.15, 0.2) is 12.2 Å². The lowest BCUT2D eigenvalue weighted by atomic mass is 9.51. The summed E-state index contributed by atoms with van der Waals surface area (Å²) in [6.45, 7) is 5.99. The van der Waals surface area contributed by atoms with Gasteiger partial charge < -0.3 is 19.3 Å². The quantitative estimate of drug-likeness (QED) is 0.425.